The number of nitrogens with zero attached hydrogens (tertiary/aromatic N) is 2. The maximum atomic E-state index is 12.4. The van der Waals surface area contributed by atoms with E-state index in [-0.39, 0.29) is 24.8 Å². The van der Waals surface area contributed by atoms with Gasteiger partial charge < -0.3 is 19.2 Å². The van der Waals surface area contributed by atoms with Crippen molar-refractivity contribution in [1.29, 1.82) is 0 Å². The van der Waals surface area contributed by atoms with Crippen LogP contribution in [-0.2, 0) is 9.53 Å². The van der Waals surface area contributed by atoms with E-state index < -0.39 is 12.1 Å². The van der Waals surface area contributed by atoms with Crippen LogP contribution < -0.4 is 0 Å². The van der Waals surface area contributed by atoms with E-state index in [0.29, 0.717) is 17.6 Å². The number of ether oxygens (including phenoxy) is 1. The summed E-state index contributed by atoms with van der Waals surface area (Å²) in [6.45, 7) is 2.40. The number of furan rings is 1. The quantitative estimate of drug-likeness (QED) is 0.889. The van der Waals surface area contributed by atoms with Crippen molar-refractivity contribution in [1.82, 2.24) is 9.88 Å². The molecule has 1 amide bonds. The van der Waals surface area contributed by atoms with Gasteiger partial charge in [-0.05, 0) is 19.1 Å². The number of aromatic nitrogens is 1. The highest BCUT2D eigenvalue weighted by Crippen LogP contribution is 2.20. The average Bonchev–Trinajstić information content (AvgIpc) is 2.89. The van der Waals surface area contributed by atoms with E-state index >= 15 is 0 Å². The van der Waals surface area contributed by atoms with Crippen LogP contribution in [-0.4, -0.2) is 52.7 Å². The van der Waals surface area contributed by atoms with Crippen molar-refractivity contribution < 1.29 is 23.8 Å². The molecule has 7 heteroatoms. The number of morpholine rings is 1. The average molecular weight is 290 g/mol. The molecule has 2 aromatic rings. The van der Waals surface area contributed by atoms with E-state index in [2.05, 4.69) is 4.98 Å². The minimum atomic E-state index is -1.07. The summed E-state index contributed by atoms with van der Waals surface area (Å²) in [6, 6.07) is 5.14. The summed E-state index contributed by atoms with van der Waals surface area (Å²) in [7, 11) is 0. The Balaban J connectivity index is 1.84. The predicted octanol–water partition coefficient (Wildman–Crippen LogP) is 1.06. The van der Waals surface area contributed by atoms with Gasteiger partial charge in [-0.25, -0.2) is 9.78 Å². The second-order valence-electron chi connectivity index (χ2n) is 4.90. The zero-order valence-electron chi connectivity index (χ0n) is 11.4. The SMILES string of the molecule is Cc1ccc2oc(C(=O)N3CCO[C@H](C(=O)O)C3)cc2n1. The van der Waals surface area contributed by atoms with Crippen LogP contribution in [0.5, 0.6) is 0 Å². The van der Waals surface area contributed by atoms with Crippen LogP contribution in [0.25, 0.3) is 11.1 Å². The number of amides is 1. The molecule has 1 atom stereocenters. The van der Waals surface area contributed by atoms with Gasteiger partial charge in [-0.2, -0.15) is 0 Å². The third kappa shape index (κ3) is 2.59. The molecule has 3 rings (SSSR count). The number of aryl methyl sites for hydroxylation is 1. The van der Waals surface area contributed by atoms with E-state index in [9.17, 15) is 9.59 Å². The van der Waals surface area contributed by atoms with E-state index in [1.807, 2.05) is 6.92 Å². The largest absolute Gasteiger partial charge is 0.479 e. The molecule has 1 fully saturated rings. The van der Waals surface area contributed by atoms with Gasteiger partial charge in [0.1, 0.15) is 5.52 Å². The second-order valence-corrected chi connectivity index (χ2v) is 4.90. The van der Waals surface area contributed by atoms with Gasteiger partial charge in [-0.15, -0.1) is 0 Å². The number of pyridine rings is 1. The standard InChI is InChI=1S/C14H14N2O5/c1-8-2-3-10-9(15-8)6-11(21-10)13(17)16-4-5-20-12(7-16)14(18)19/h2-3,6,12H,4-5,7H2,1H3,(H,18,19)/t12-/m0/s1. The molecule has 0 spiro atoms. The van der Waals surface area contributed by atoms with Crippen molar-refractivity contribution in [3.8, 4) is 0 Å². The molecule has 0 saturated carbocycles. The first-order chi connectivity index (χ1) is 10.0. The Morgan fingerprint density at radius 1 is 1.43 bits per heavy atom. The van der Waals surface area contributed by atoms with Crippen molar-refractivity contribution in [3.63, 3.8) is 0 Å². The number of carbonyl (C=O) groups is 2. The van der Waals surface area contributed by atoms with Crippen LogP contribution >= 0.6 is 0 Å². The highest BCUT2D eigenvalue weighted by Gasteiger charge is 2.30. The van der Waals surface area contributed by atoms with E-state index in [4.69, 9.17) is 14.3 Å². The molecule has 0 radical (unpaired) electrons. The summed E-state index contributed by atoms with van der Waals surface area (Å²) in [5.74, 6) is -1.26. The third-order valence-corrected chi connectivity index (χ3v) is 3.35. The molecular weight excluding hydrogens is 276 g/mol. The number of fused-ring (bicyclic) bond motifs is 1. The molecule has 110 valence electrons. The Bertz CT molecular complexity index is 708. The maximum Gasteiger partial charge on any atom is 0.334 e. The maximum absolute atomic E-state index is 12.4. The molecule has 1 saturated heterocycles. The van der Waals surface area contributed by atoms with Gasteiger partial charge in [0, 0.05) is 18.3 Å². The normalized spacial score (nSPS) is 18.9. The zero-order valence-corrected chi connectivity index (χ0v) is 11.4. The van der Waals surface area contributed by atoms with Crippen LogP contribution in [0.4, 0.5) is 0 Å². The molecule has 0 aromatic carbocycles. The lowest BCUT2D eigenvalue weighted by atomic mass is 10.2. The van der Waals surface area contributed by atoms with Crippen molar-refractivity contribution in [2.45, 2.75) is 13.0 Å². The Morgan fingerprint density at radius 2 is 2.24 bits per heavy atom. The molecule has 1 aliphatic rings. The van der Waals surface area contributed by atoms with Gasteiger partial charge in [-0.1, -0.05) is 0 Å². The number of rotatable bonds is 2. The van der Waals surface area contributed by atoms with Crippen LogP contribution in [0.3, 0.4) is 0 Å². The van der Waals surface area contributed by atoms with E-state index in [1.165, 1.54) is 4.90 Å². The fourth-order valence-corrected chi connectivity index (χ4v) is 2.27. The van der Waals surface area contributed by atoms with E-state index in [0.717, 1.165) is 5.69 Å². The number of hydrogen-bond donors (Lipinski definition) is 1. The van der Waals surface area contributed by atoms with Crippen molar-refractivity contribution in [3.05, 3.63) is 29.7 Å². The molecule has 0 aliphatic carbocycles. The highest BCUT2D eigenvalue weighted by molar-refractivity contribution is 5.95. The number of carboxylic acids is 1. The molecule has 2 aromatic heterocycles. The number of aliphatic carboxylic acids is 1. The zero-order chi connectivity index (χ0) is 15.0. The monoisotopic (exact) mass is 290 g/mol. The summed E-state index contributed by atoms with van der Waals surface area (Å²) >= 11 is 0. The van der Waals surface area contributed by atoms with Gasteiger partial charge in [-0.3, -0.25) is 4.79 Å². The first kappa shape index (κ1) is 13.6. The van der Waals surface area contributed by atoms with Gasteiger partial charge >= 0.3 is 5.97 Å². The van der Waals surface area contributed by atoms with Crippen LogP contribution in [0.15, 0.2) is 22.6 Å². The fraction of sp³-hybridized carbons (Fsp3) is 0.357. The van der Waals surface area contributed by atoms with Crippen LogP contribution in [0.2, 0.25) is 0 Å². The molecule has 7 nitrogen and oxygen atoms in total. The lowest BCUT2D eigenvalue weighted by Gasteiger charge is -2.30. The predicted molar refractivity (Wildman–Crippen MR) is 72.0 cm³/mol. The second kappa shape index (κ2) is 5.17. The third-order valence-electron chi connectivity index (χ3n) is 3.35. The number of carboxylic acid groups (broad SMARTS) is 1. The molecule has 0 bridgehead atoms. The Hall–Kier alpha value is -2.41. The van der Waals surface area contributed by atoms with Gasteiger partial charge in [0.05, 0.1) is 13.2 Å². The summed E-state index contributed by atoms with van der Waals surface area (Å²) in [4.78, 5) is 29.0. The lowest BCUT2D eigenvalue weighted by Crippen LogP contribution is -2.48. The van der Waals surface area contributed by atoms with Gasteiger partial charge in [0.2, 0.25) is 0 Å². The van der Waals surface area contributed by atoms with Gasteiger partial charge in [0.25, 0.3) is 5.91 Å². The first-order valence-electron chi connectivity index (χ1n) is 6.55. The van der Waals surface area contributed by atoms with Crippen LogP contribution in [0.1, 0.15) is 16.2 Å². The van der Waals surface area contributed by atoms with Crippen molar-refractivity contribution in [2.75, 3.05) is 19.7 Å². The molecule has 0 unspecified atom stereocenters. The summed E-state index contributed by atoms with van der Waals surface area (Å²) in [5, 5.41) is 8.96. The molecule has 1 aliphatic heterocycles. The smallest absolute Gasteiger partial charge is 0.334 e. The summed E-state index contributed by atoms with van der Waals surface area (Å²) in [6.07, 6.45) is -0.993. The first-order valence-corrected chi connectivity index (χ1v) is 6.55. The number of hydrogen-bond acceptors (Lipinski definition) is 5. The minimum absolute atomic E-state index is 0.0116. The summed E-state index contributed by atoms with van der Waals surface area (Å²) < 4.78 is 10.6. The van der Waals surface area contributed by atoms with E-state index in [1.54, 1.807) is 18.2 Å². The lowest BCUT2D eigenvalue weighted by molar-refractivity contribution is -0.154. The highest BCUT2D eigenvalue weighted by atomic mass is 16.5. The van der Waals surface area contributed by atoms with Crippen LogP contribution in [0, 0.1) is 6.92 Å². The Labute approximate surface area is 120 Å². The summed E-state index contributed by atoms with van der Waals surface area (Å²) in [5.41, 5.74) is 1.98. The molecular formula is C14H14N2O5. The topological polar surface area (TPSA) is 92.9 Å². The minimum Gasteiger partial charge on any atom is -0.479 e. The number of carbonyl (C=O) groups excluding carboxylic acids is 1. The van der Waals surface area contributed by atoms with Gasteiger partial charge in [0.15, 0.2) is 17.4 Å². The Kier molecular flexibility index (Phi) is 3.34. The Morgan fingerprint density at radius 3 is 3.00 bits per heavy atom. The molecule has 21 heavy (non-hydrogen) atoms. The molecule has 3 heterocycles. The molecule has 1 N–H and O–H groups in total. The fourth-order valence-electron chi connectivity index (χ4n) is 2.27. The van der Waals surface area contributed by atoms with Crippen molar-refractivity contribution in [2.24, 2.45) is 0 Å². The van der Waals surface area contributed by atoms with Crippen molar-refractivity contribution >= 4 is 23.0 Å².